The van der Waals surface area contributed by atoms with Crippen LogP contribution < -0.4 is 0 Å². The van der Waals surface area contributed by atoms with Crippen molar-refractivity contribution in [2.24, 2.45) is 11.8 Å². The third kappa shape index (κ3) is 4.09. The van der Waals surface area contributed by atoms with E-state index in [9.17, 15) is 4.79 Å². The first-order valence-electron chi connectivity index (χ1n) is 5.37. The highest BCUT2D eigenvalue weighted by molar-refractivity contribution is 5.69. The smallest absolute Gasteiger partial charge is 0.307 e. The summed E-state index contributed by atoms with van der Waals surface area (Å²) >= 11 is 0. The topological polar surface area (TPSA) is 40.5 Å². The number of rotatable bonds is 6. The standard InChI is InChI=1S/C11H23NO2/c1-6-12(10(5)8(2)3)7-9(4)11(13)14/h8-10H,6-7H2,1-5H3,(H,13,14). The van der Waals surface area contributed by atoms with Gasteiger partial charge < -0.3 is 5.11 Å². The normalized spacial score (nSPS) is 15.9. The van der Waals surface area contributed by atoms with Crippen LogP contribution in [0.5, 0.6) is 0 Å². The molecule has 0 bridgehead atoms. The van der Waals surface area contributed by atoms with Crippen molar-refractivity contribution in [3.05, 3.63) is 0 Å². The molecular formula is C11H23NO2. The molecule has 0 spiro atoms. The number of aliphatic carboxylic acids is 1. The molecule has 3 nitrogen and oxygen atoms in total. The van der Waals surface area contributed by atoms with Gasteiger partial charge in [-0.05, 0) is 19.4 Å². The molecule has 14 heavy (non-hydrogen) atoms. The Kier molecular flexibility index (Phi) is 5.77. The lowest BCUT2D eigenvalue weighted by Gasteiger charge is -2.31. The minimum absolute atomic E-state index is 0.281. The Morgan fingerprint density at radius 2 is 1.79 bits per heavy atom. The van der Waals surface area contributed by atoms with Crippen LogP contribution in [0, 0.1) is 11.8 Å². The van der Waals surface area contributed by atoms with Crippen molar-refractivity contribution in [1.82, 2.24) is 4.90 Å². The number of hydrogen-bond acceptors (Lipinski definition) is 2. The highest BCUT2D eigenvalue weighted by atomic mass is 16.4. The van der Waals surface area contributed by atoms with Crippen molar-refractivity contribution < 1.29 is 9.90 Å². The van der Waals surface area contributed by atoms with Crippen LogP contribution >= 0.6 is 0 Å². The molecule has 0 radical (unpaired) electrons. The van der Waals surface area contributed by atoms with E-state index in [0.29, 0.717) is 18.5 Å². The number of hydrogen-bond donors (Lipinski definition) is 1. The number of carboxylic acids is 1. The molecular weight excluding hydrogens is 178 g/mol. The summed E-state index contributed by atoms with van der Waals surface area (Å²) in [5.41, 5.74) is 0. The van der Waals surface area contributed by atoms with Crippen LogP contribution in [0.2, 0.25) is 0 Å². The predicted molar refractivity (Wildman–Crippen MR) is 58.3 cm³/mol. The fourth-order valence-electron chi connectivity index (χ4n) is 1.43. The average molecular weight is 201 g/mol. The predicted octanol–water partition coefficient (Wildman–Crippen LogP) is 2.07. The van der Waals surface area contributed by atoms with Crippen LogP contribution in [0.1, 0.15) is 34.6 Å². The van der Waals surface area contributed by atoms with E-state index in [1.54, 1.807) is 6.92 Å². The van der Waals surface area contributed by atoms with Crippen molar-refractivity contribution in [3.8, 4) is 0 Å². The lowest BCUT2D eigenvalue weighted by molar-refractivity contribution is -0.142. The van der Waals surface area contributed by atoms with Gasteiger partial charge in [0.2, 0.25) is 0 Å². The molecule has 0 aromatic heterocycles. The summed E-state index contributed by atoms with van der Waals surface area (Å²) in [6, 6.07) is 0.446. The Labute approximate surface area is 87.1 Å². The summed E-state index contributed by atoms with van der Waals surface area (Å²) in [7, 11) is 0. The van der Waals surface area contributed by atoms with E-state index >= 15 is 0 Å². The maximum absolute atomic E-state index is 10.7. The zero-order valence-corrected chi connectivity index (χ0v) is 9.95. The minimum atomic E-state index is -0.709. The molecule has 0 aliphatic carbocycles. The largest absolute Gasteiger partial charge is 0.481 e. The molecule has 3 heteroatoms. The molecule has 0 aromatic carbocycles. The fraction of sp³-hybridized carbons (Fsp3) is 0.909. The summed E-state index contributed by atoms with van der Waals surface area (Å²) < 4.78 is 0. The fourth-order valence-corrected chi connectivity index (χ4v) is 1.43. The monoisotopic (exact) mass is 201 g/mol. The van der Waals surface area contributed by atoms with Gasteiger partial charge in [-0.3, -0.25) is 9.69 Å². The Morgan fingerprint density at radius 1 is 1.29 bits per heavy atom. The molecule has 2 unspecified atom stereocenters. The number of carbonyl (C=O) groups is 1. The first kappa shape index (κ1) is 13.4. The molecule has 0 saturated carbocycles. The summed E-state index contributed by atoms with van der Waals surface area (Å²) in [6.07, 6.45) is 0. The highest BCUT2D eigenvalue weighted by Gasteiger charge is 2.20. The highest BCUT2D eigenvalue weighted by Crippen LogP contribution is 2.12. The Balaban J connectivity index is 4.21. The SMILES string of the molecule is CCN(CC(C)C(=O)O)C(C)C(C)C. The average Bonchev–Trinajstić information content (AvgIpc) is 2.12. The molecule has 0 saturated heterocycles. The van der Waals surface area contributed by atoms with Gasteiger partial charge in [0, 0.05) is 12.6 Å². The van der Waals surface area contributed by atoms with Crippen LogP contribution in [-0.4, -0.2) is 35.1 Å². The molecule has 0 aliphatic heterocycles. The maximum Gasteiger partial charge on any atom is 0.307 e. The first-order chi connectivity index (χ1) is 6.40. The van der Waals surface area contributed by atoms with E-state index in [0.717, 1.165) is 6.54 Å². The van der Waals surface area contributed by atoms with Gasteiger partial charge in [0.05, 0.1) is 5.92 Å². The first-order valence-corrected chi connectivity index (χ1v) is 5.37. The summed E-state index contributed by atoms with van der Waals surface area (Å²) in [5, 5.41) is 8.82. The van der Waals surface area contributed by atoms with Crippen LogP contribution in [0.15, 0.2) is 0 Å². The molecule has 1 N–H and O–H groups in total. The Bertz CT molecular complexity index is 180. The van der Waals surface area contributed by atoms with Gasteiger partial charge in [0.25, 0.3) is 0 Å². The van der Waals surface area contributed by atoms with Crippen molar-refractivity contribution in [3.63, 3.8) is 0 Å². The molecule has 2 atom stereocenters. The van der Waals surface area contributed by atoms with Crippen molar-refractivity contribution in [2.45, 2.75) is 40.7 Å². The van der Waals surface area contributed by atoms with E-state index in [4.69, 9.17) is 5.11 Å². The van der Waals surface area contributed by atoms with Gasteiger partial charge in [-0.2, -0.15) is 0 Å². The van der Waals surface area contributed by atoms with E-state index in [-0.39, 0.29) is 5.92 Å². The zero-order valence-electron chi connectivity index (χ0n) is 9.95. The Hall–Kier alpha value is -0.570. The van der Waals surface area contributed by atoms with Gasteiger partial charge in [0.1, 0.15) is 0 Å². The summed E-state index contributed by atoms with van der Waals surface area (Å²) in [5.74, 6) is -0.425. The molecule has 0 aliphatic rings. The van der Waals surface area contributed by atoms with Crippen molar-refractivity contribution in [1.29, 1.82) is 0 Å². The lowest BCUT2D eigenvalue weighted by Crippen LogP contribution is -2.40. The van der Waals surface area contributed by atoms with E-state index in [1.165, 1.54) is 0 Å². The second kappa shape index (κ2) is 6.02. The zero-order chi connectivity index (χ0) is 11.3. The molecule has 84 valence electrons. The van der Waals surface area contributed by atoms with E-state index in [1.807, 2.05) is 0 Å². The lowest BCUT2D eigenvalue weighted by atomic mass is 10.0. The van der Waals surface area contributed by atoms with Crippen LogP contribution in [0.25, 0.3) is 0 Å². The van der Waals surface area contributed by atoms with Crippen LogP contribution in [0.4, 0.5) is 0 Å². The third-order valence-electron chi connectivity index (χ3n) is 2.88. The van der Waals surface area contributed by atoms with Gasteiger partial charge in [0.15, 0.2) is 0 Å². The second-order valence-electron chi connectivity index (χ2n) is 4.31. The second-order valence-corrected chi connectivity index (χ2v) is 4.31. The van der Waals surface area contributed by atoms with Gasteiger partial charge in [-0.1, -0.05) is 27.7 Å². The van der Waals surface area contributed by atoms with Crippen LogP contribution in [0.3, 0.4) is 0 Å². The quantitative estimate of drug-likeness (QED) is 0.715. The summed E-state index contributed by atoms with van der Waals surface area (Å²) in [6.45, 7) is 11.9. The molecule has 0 aromatic rings. The van der Waals surface area contributed by atoms with Gasteiger partial charge >= 0.3 is 5.97 Å². The molecule has 0 fully saturated rings. The van der Waals surface area contributed by atoms with Gasteiger partial charge in [-0.15, -0.1) is 0 Å². The molecule has 0 amide bonds. The van der Waals surface area contributed by atoms with Gasteiger partial charge in [-0.25, -0.2) is 0 Å². The maximum atomic E-state index is 10.7. The number of carboxylic acid groups (broad SMARTS) is 1. The number of nitrogens with zero attached hydrogens (tertiary/aromatic N) is 1. The Morgan fingerprint density at radius 3 is 2.07 bits per heavy atom. The third-order valence-corrected chi connectivity index (χ3v) is 2.88. The van der Waals surface area contributed by atoms with E-state index in [2.05, 4.69) is 32.6 Å². The van der Waals surface area contributed by atoms with Crippen molar-refractivity contribution >= 4 is 5.97 Å². The van der Waals surface area contributed by atoms with Crippen molar-refractivity contribution in [2.75, 3.05) is 13.1 Å². The van der Waals surface area contributed by atoms with E-state index < -0.39 is 5.97 Å². The summed E-state index contributed by atoms with van der Waals surface area (Å²) in [4.78, 5) is 12.9. The minimum Gasteiger partial charge on any atom is -0.481 e. The van der Waals surface area contributed by atoms with Crippen LogP contribution in [-0.2, 0) is 4.79 Å². The molecule has 0 rings (SSSR count). The molecule has 0 heterocycles.